The molecule has 0 aromatic heterocycles. The van der Waals surface area contributed by atoms with Gasteiger partial charge < -0.3 is 24.6 Å². The van der Waals surface area contributed by atoms with E-state index in [-0.39, 0.29) is 37.9 Å². The Hall–Kier alpha value is -2.61. The number of nitrogens with zero attached hydrogens (tertiary/aromatic N) is 1. The molecular weight excluding hydrogens is 400 g/mol. The van der Waals surface area contributed by atoms with Crippen LogP contribution in [0.4, 0.5) is 0 Å². The number of benzene rings is 1. The number of nitrogens with one attached hydrogen (secondary N) is 1. The maximum atomic E-state index is 12.9. The van der Waals surface area contributed by atoms with E-state index >= 15 is 0 Å². The fourth-order valence-corrected chi connectivity index (χ4v) is 3.01. The van der Waals surface area contributed by atoms with Crippen molar-refractivity contribution < 1.29 is 28.9 Å². The molecule has 1 aromatic carbocycles. The summed E-state index contributed by atoms with van der Waals surface area (Å²) in [5, 5.41) is 11.7. The van der Waals surface area contributed by atoms with Crippen LogP contribution in [0.5, 0.6) is 5.75 Å². The molecule has 172 valence electrons. The fraction of sp³-hybridized carbons (Fsp3) is 0.609. The number of esters is 1. The molecule has 1 heterocycles. The van der Waals surface area contributed by atoms with E-state index < -0.39 is 11.1 Å². The Morgan fingerprint density at radius 2 is 1.97 bits per heavy atom. The summed E-state index contributed by atoms with van der Waals surface area (Å²) in [7, 11) is 0. The predicted octanol–water partition coefficient (Wildman–Crippen LogP) is 2.61. The maximum absolute atomic E-state index is 12.9. The largest absolute Gasteiger partial charge is 0.494 e. The van der Waals surface area contributed by atoms with Gasteiger partial charge >= 0.3 is 5.97 Å². The SMILES string of the molecule is CCCNC(=O)[C@@]1(CCC(=O)OC(C)(C)C)COC(c2ccc(OCCCO)cc2)=N1. The van der Waals surface area contributed by atoms with E-state index in [4.69, 9.17) is 19.3 Å². The lowest BCUT2D eigenvalue weighted by atomic mass is 9.94. The Bertz CT molecular complexity index is 769. The third kappa shape index (κ3) is 7.54. The first-order valence-corrected chi connectivity index (χ1v) is 10.8. The highest BCUT2D eigenvalue weighted by Gasteiger charge is 2.44. The molecule has 0 bridgehead atoms. The summed E-state index contributed by atoms with van der Waals surface area (Å²) in [5.74, 6) is 0.408. The molecular formula is C23H34N2O6. The van der Waals surface area contributed by atoms with Gasteiger partial charge in [-0.1, -0.05) is 6.92 Å². The second kappa shape index (κ2) is 11.1. The van der Waals surface area contributed by atoms with Crippen molar-refractivity contribution in [2.45, 2.75) is 64.5 Å². The number of aliphatic hydroxyl groups is 1. The molecule has 1 amide bonds. The van der Waals surface area contributed by atoms with Crippen LogP contribution in [0.25, 0.3) is 0 Å². The summed E-state index contributed by atoms with van der Waals surface area (Å²) < 4.78 is 16.7. The number of amides is 1. The van der Waals surface area contributed by atoms with Gasteiger partial charge in [-0.25, -0.2) is 4.99 Å². The van der Waals surface area contributed by atoms with Gasteiger partial charge in [-0.3, -0.25) is 9.59 Å². The Kier molecular flexibility index (Phi) is 8.86. The number of hydrogen-bond acceptors (Lipinski definition) is 7. The van der Waals surface area contributed by atoms with Crippen LogP contribution in [-0.4, -0.2) is 60.4 Å². The fourth-order valence-electron chi connectivity index (χ4n) is 3.01. The first-order chi connectivity index (χ1) is 14.7. The average molecular weight is 435 g/mol. The Balaban J connectivity index is 2.15. The van der Waals surface area contributed by atoms with E-state index in [1.807, 2.05) is 6.92 Å². The maximum Gasteiger partial charge on any atom is 0.306 e. The lowest BCUT2D eigenvalue weighted by Crippen LogP contribution is -2.47. The molecule has 0 radical (unpaired) electrons. The molecule has 0 unspecified atom stereocenters. The number of carbonyl (C=O) groups excluding carboxylic acids is 2. The van der Waals surface area contributed by atoms with Crippen molar-refractivity contribution in [1.29, 1.82) is 0 Å². The van der Waals surface area contributed by atoms with Gasteiger partial charge in [0.2, 0.25) is 5.90 Å². The van der Waals surface area contributed by atoms with Crippen LogP contribution in [0.2, 0.25) is 0 Å². The molecule has 1 aliphatic rings. The molecule has 8 nitrogen and oxygen atoms in total. The highest BCUT2D eigenvalue weighted by molar-refractivity contribution is 6.00. The normalized spacial score (nSPS) is 18.2. The first kappa shape index (κ1) is 24.7. The van der Waals surface area contributed by atoms with Crippen LogP contribution in [0.1, 0.15) is 58.9 Å². The van der Waals surface area contributed by atoms with Crippen LogP contribution >= 0.6 is 0 Å². The highest BCUT2D eigenvalue weighted by Crippen LogP contribution is 2.28. The highest BCUT2D eigenvalue weighted by atomic mass is 16.6. The standard InChI is InChI=1S/C23H34N2O6/c1-5-13-24-21(28)23(12-11-19(27)31-22(2,3)4)16-30-20(25-23)17-7-9-18(10-8-17)29-15-6-14-26/h7-10,26H,5-6,11-16H2,1-4H3,(H,24,28)/t23-/m1/s1. The van der Waals surface area contributed by atoms with Gasteiger partial charge in [0.25, 0.3) is 5.91 Å². The minimum Gasteiger partial charge on any atom is -0.494 e. The van der Waals surface area contributed by atoms with E-state index in [2.05, 4.69) is 10.3 Å². The molecule has 31 heavy (non-hydrogen) atoms. The average Bonchev–Trinajstić information content (AvgIpc) is 3.16. The van der Waals surface area contributed by atoms with Crippen molar-refractivity contribution in [3.8, 4) is 5.75 Å². The van der Waals surface area contributed by atoms with E-state index in [9.17, 15) is 9.59 Å². The van der Waals surface area contributed by atoms with Gasteiger partial charge in [-0.2, -0.15) is 0 Å². The Morgan fingerprint density at radius 3 is 2.58 bits per heavy atom. The van der Waals surface area contributed by atoms with E-state index in [0.717, 1.165) is 12.0 Å². The summed E-state index contributed by atoms with van der Waals surface area (Å²) in [4.78, 5) is 29.7. The number of hydrogen-bond donors (Lipinski definition) is 2. The molecule has 0 saturated carbocycles. The zero-order valence-electron chi connectivity index (χ0n) is 18.9. The summed E-state index contributed by atoms with van der Waals surface area (Å²) in [5.41, 5.74) is -1.04. The minimum absolute atomic E-state index is 0.0641. The van der Waals surface area contributed by atoms with Gasteiger partial charge in [0.1, 0.15) is 18.0 Å². The summed E-state index contributed by atoms with van der Waals surface area (Å²) in [6.07, 6.45) is 1.62. The van der Waals surface area contributed by atoms with Crippen molar-refractivity contribution in [1.82, 2.24) is 5.32 Å². The van der Waals surface area contributed by atoms with Gasteiger partial charge in [-0.05, 0) is 57.9 Å². The van der Waals surface area contributed by atoms with Crippen molar-refractivity contribution in [2.24, 2.45) is 4.99 Å². The van der Waals surface area contributed by atoms with Crippen LogP contribution in [0.3, 0.4) is 0 Å². The number of aliphatic imine (C=N–C) groups is 1. The van der Waals surface area contributed by atoms with E-state index in [1.54, 1.807) is 45.0 Å². The molecule has 0 saturated heterocycles. The zero-order valence-corrected chi connectivity index (χ0v) is 18.9. The number of ether oxygens (including phenoxy) is 3. The quantitative estimate of drug-likeness (QED) is 0.410. The first-order valence-electron chi connectivity index (χ1n) is 10.8. The minimum atomic E-state index is -1.17. The predicted molar refractivity (Wildman–Crippen MR) is 117 cm³/mol. The number of rotatable bonds is 11. The summed E-state index contributed by atoms with van der Waals surface area (Å²) >= 11 is 0. The molecule has 8 heteroatoms. The second-order valence-corrected chi connectivity index (χ2v) is 8.53. The molecule has 0 spiro atoms. The Morgan fingerprint density at radius 1 is 1.26 bits per heavy atom. The van der Waals surface area contributed by atoms with Crippen LogP contribution in [0.15, 0.2) is 29.3 Å². The van der Waals surface area contributed by atoms with Gasteiger partial charge in [0.05, 0.1) is 6.61 Å². The van der Waals surface area contributed by atoms with E-state index in [1.165, 1.54) is 0 Å². The van der Waals surface area contributed by atoms with Crippen molar-refractivity contribution in [2.75, 3.05) is 26.4 Å². The molecule has 1 aliphatic heterocycles. The third-order valence-electron chi connectivity index (χ3n) is 4.56. The monoisotopic (exact) mass is 434 g/mol. The Labute approximate surface area is 184 Å². The lowest BCUT2D eigenvalue weighted by Gasteiger charge is -2.24. The van der Waals surface area contributed by atoms with Crippen molar-refractivity contribution in [3.05, 3.63) is 29.8 Å². The number of carbonyl (C=O) groups is 2. The molecule has 2 rings (SSSR count). The van der Waals surface area contributed by atoms with E-state index in [0.29, 0.717) is 31.2 Å². The molecule has 0 fully saturated rings. The third-order valence-corrected chi connectivity index (χ3v) is 4.56. The van der Waals surface area contributed by atoms with Gasteiger partial charge in [0, 0.05) is 31.6 Å². The van der Waals surface area contributed by atoms with Crippen molar-refractivity contribution in [3.63, 3.8) is 0 Å². The lowest BCUT2D eigenvalue weighted by molar-refractivity contribution is -0.155. The number of aliphatic hydroxyl groups excluding tert-OH is 1. The van der Waals surface area contributed by atoms with Gasteiger partial charge in [-0.15, -0.1) is 0 Å². The molecule has 2 N–H and O–H groups in total. The molecule has 1 atom stereocenters. The van der Waals surface area contributed by atoms with Crippen molar-refractivity contribution >= 4 is 17.8 Å². The van der Waals surface area contributed by atoms with Crippen LogP contribution < -0.4 is 10.1 Å². The summed E-state index contributed by atoms with van der Waals surface area (Å²) in [6.45, 7) is 8.49. The smallest absolute Gasteiger partial charge is 0.306 e. The van der Waals surface area contributed by atoms with Gasteiger partial charge in [0.15, 0.2) is 5.54 Å². The van der Waals surface area contributed by atoms with Crippen LogP contribution in [0, 0.1) is 0 Å². The zero-order chi connectivity index (χ0) is 22.9. The summed E-state index contributed by atoms with van der Waals surface area (Å²) in [6, 6.07) is 7.19. The topological polar surface area (TPSA) is 106 Å². The second-order valence-electron chi connectivity index (χ2n) is 8.53. The van der Waals surface area contributed by atoms with Crippen LogP contribution in [-0.2, 0) is 19.1 Å². The molecule has 1 aromatic rings. The molecule has 0 aliphatic carbocycles.